The first kappa shape index (κ1) is 16.0. The highest BCUT2D eigenvalue weighted by Gasteiger charge is 2.29. The number of likely N-dealkylation sites (tertiary alicyclic amines) is 1. The molecule has 0 spiro atoms. The number of carbonyl (C=O) groups excluding carboxylic acids is 1. The molecule has 1 heterocycles. The molecule has 0 aromatic heterocycles. The van der Waals surface area contributed by atoms with Crippen LogP contribution >= 0.6 is 0 Å². The fraction of sp³-hybridized carbons (Fsp3) is 0.588. The van der Waals surface area contributed by atoms with Crippen molar-refractivity contribution in [2.24, 2.45) is 11.7 Å². The van der Waals surface area contributed by atoms with E-state index in [1.165, 1.54) is 12.1 Å². The summed E-state index contributed by atoms with van der Waals surface area (Å²) >= 11 is 0. The third kappa shape index (κ3) is 4.03. The lowest BCUT2D eigenvalue weighted by molar-refractivity contribution is -0.135. The van der Waals surface area contributed by atoms with E-state index in [9.17, 15) is 9.18 Å². The van der Waals surface area contributed by atoms with Crippen LogP contribution in [0, 0.1) is 11.7 Å². The van der Waals surface area contributed by atoms with E-state index in [0.717, 1.165) is 24.9 Å². The molecule has 3 nitrogen and oxygen atoms in total. The average Bonchev–Trinajstić information content (AvgIpc) is 2.46. The van der Waals surface area contributed by atoms with Gasteiger partial charge in [0.25, 0.3) is 0 Å². The van der Waals surface area contributed by atoms with Gasteiger partial charge in [-0.25, -0.2) is 4.39 Å². The quantitative estimate of drug-likeness (QED) is 0.927. The van der Waals surface area contributed by atoms with Crippen molar-refractivity contribution in [1.82, 2.24) is 4.90 Å². The number of amides is 1. The molecule has 2 N–H and O–H groups in total. The number of hydrogen-bond acceptors (Lipinski definition) is 2. The molecule has 1 aromatic carbocycles. The van der Waals surface area contributed by atoms with E-state index in [1.807, 2.05) is 17.9 Å². The van der Waals surface area contributed by atoms with Crippen LogP contribution in [0.15, 0.2) is 24.3 Å². The first-order valence-corrected chi connectivity index (χ1v) is 7.76. The minimum atomic E-state index is -0.251. The molecule has 1 amide bonds. The Hall–Kier alpha value is -1.42. The van der Waals surface area contributed by atoms with Gasteiger partial charge >= 0.3 is 0 Å². The minimum absolute atomic E-state index is 0.0194. The number of piperidine rings is 1. The maximum Gasteiger partial charge on any atom is 0.223 e. The molecule has 1 aromatic rings. The lowest BCUT2D eigenvalue weighted by Gasteiger charge is -2.38. The Kier molecular flexibility index (Phi) is 5.34. The highest BCUT2D eigenvalue weighted by Crippen LogP contribution is 2.26. The van der Waals surface area contributed by atoms with E-state index < -0.39 is 0 Å². The highest BCUT2D eigenvalue weighted by molar-refractivity contribution is 5.77. The Bertz CT molecular complexity index is 491. The molecule has 2 rings (SSSR count). The van der Waals surface area contributed by atoms with Crippen LogP contribution in [0.4, 0.5) is 4.39 Å². The van der Waals surface area contributed by atoms with Crippen molar-refractivity contribution in [3.63, 3.8) is 0 Å². The summed E-state index contributed by atoms with van der Waals surface area (Å²) < 4.78 is 13.3. The number of nitrogens with two attached hydrogens (primary N) is 1. The molecule has 3 atom stereocenters. The van der Waals surface area contributed by atoms with Crippen molar-refractivity contribution in [2.45, 2.75) is 45.1 Å². The molecule has 21 heavy (non-hydrogen) atoms. The van der Waals surface area contributed by atoms with Crippen LogP contribution in [-0.2, 0) is 4.79 Å². The summed E-state index contributed by atoms with van der Waals surface area (Å²) in [7, 11) is 0. The van der Waals surface area contributed by atoms with Crippen molar-refractivity contribution in [3.05, 3.63) is 35.6 Å². The predicted molar refractivity (Wildman–Crippen MR) is 82.4 cm³/mol. The third-order valence-electron chi connectivity index (χ3n) is 4.47. The van der Waals surface area contributed by atoms with Crippen molar-refractivity contribution in [1.29, 1.82) is 0 Å². The zero-order chi connectivity index (χ0) is 15.4. The molecule has 1 saturated heterocycles. The number of rotatable bonds is 4. The summed E-state index contributed by atoms with van der Waals surface area (Å²) in [6.45, 7) is 5.48. The van der Waals surface area contributed by atoms with E-state index >= 15 is 0 Å². The Morgan fingerprint density at radius 1 is 1.52 bits per heavy atom. The van der Waals surface area contributed by atoms with Gasteiger partial charge in [-0.3, -0.25) is 4.79 Å². The van der Waals surface area contributed by atoms with Gasteiger partial charge in [0, 0.05) is 25.6 Å². The standard InChI is InChI=1S/C17H25FN2O/c1-12-6-7-20(16(8-12)11-19)17(21)9-13(2)14-4-3-5-15(18)10-14/h3-5,10,12-13,16H,6-9,11,19H2,1-2H3. The van der Waals surface area contributed by atoms with Crippen LogP contribution in [-0.4, -0.2) is 29.9 Å². The Morgan fingerprint density at radius 3 is 2.95 bits per heavy atom. The average molecular weight is 292 g/mol. The molecule has 0 saturated carbocycles. The van der Waals surface area contributed by atoms with Gasteiger partial charge < -0.3 is 10.6 Å². The predicted octanol–water partition coefficient (Wildman–Crippen LogP) is 2.91. The highest BCUT2D eigenvalue weighted by atomic mass is 19.1. The van der Waals surface area contributed by atoms with E-state index in [4.69, 9.17) is 5.73 Å². The minimum Gasteiger partial charge on any atom is -0.338 e. The van der Waals surface area contributed by atoms with Gasteiger partial charge in [0.2, 0.25) is 5.91 Å². The lowest BCUT2D eigenvalue weighted by atomic mass is 9.91. The number of halogens is 1. The first-order chi connectivity index (χ1) is 10.0. The second-order valence-corrected chi connectivity index (χ2v) is 6.27. The molecule has 1 aliphatic heterocycles. The summed E-state index contributed by atoms with van der Waals surface area (Å²) in [6.07, 6.45) is 2.43. The maximum atomic E-state index is 13.3. The largest absolute Gasteiger partial charge is 0.338 e. The Morgan fingerprint density at radius 2 is 2.29 bits per heavy atom. The molecule has 116 valence electrons. The van der Waals surface area contributed by atoms with Gasteiger partial charge in [0.15, 0.2) is 0 Å². The molecular weight excluding hydrogens is 267 g/mol. The van der Waals surface area contributed by atoms with Crippen LogP contribution < -0.4 is 5.73 Å². The molecule has 1 fully saturated rings. The molecule has 0 aliphatic carbocycles. The zero-order valence-electron chi connectivity index (χ0n) is 12.9. The number of hydrogen-bond donors (Lipinski definition) is 1. The third-order valence-corrected chi connectivity index (χ3v) is 4.47. The van der Waals surface area contributed by atoms with Gasteiger partial charge in [0.1, 0.15) is 5.82 Å². The van der Waals surface area contributed by atoms with Crippen molar-refractivity contribution in [3.8, 4) is 0 Å². The van der Waals surface area contributed by atoms with Gasteiger partial charge in [-0.15, -0.1) is 0 Å². The van der Waals surface area contributed by atoms with Gasteiger partial charge in [-0.1, -0.05) is 26.0 Å². The summed E-state index contributed by atoms with van der Waals surface area (Å²) in [4.78, 5) is 14.4. The summed E-state index contributed by atoms with van der Waals surface area (Å²) in [6, 6.07) is 6.66. The number of carbonyl (C=O) groups is 1. The lowest BCUT2D eigenvalue weighted by Crippen LogP contribution is -2.49. The molecule has 0 bridgehead atoms. The topological polar surface area (TPSA) is 46.3 Å². The van der Waals surface area contributed by atoms with E-state index in [2.05, 4.69) is 6.92 Å². The summed E-state index contributed by atoms with van der Waals surface area (Å²) in [5.74, 6) is 0.529. The number of benzene rings is 1. The summed E-state index contributed by atoms with van der Waals surface area (Å²) in [5, 5.41) is 0. The molecule has 1 aliphatic rings. The number of nitrogens with zero attached hydrogens (tertiary/aromatic N) is 1. The fourth-order valence-electron chi connectivity index (χ4n) is 3.11. The van der Waals surface area contributed by atoms with Crippen LogP contribution in [0.25, 0.3) is 0 Å². The van der Waals surface area contributed by atoms with E-state index in [1.54, 1.807) is 6.07 Å². The van der Waals surface area contributed by atoms with Gasteiger partial charge in [0.05, 0.1) is 0 Å². The van der Waals surface area contributed by atoms with E-state index in [-0.39, 0.29) is 23.7 Å². The Labute approximate surface area is 126 Å². The van der Waals surface area contributed by atoms with Crippen molar-refractivity contribution in [2.75, 3.05) is 13.1 Å². The monoisotopic (exact) mass is 292 g/mol. The SMILES string of the molecule is CC1CCN(C(=O)CC(C)c2cccc(F)c2)C(CN)C1. The fourth-order valence-corrected chi connectivity index (χ4v) is 3.11. The molecule has 0 radical (unpaired) electrons. The Balaban J connectivity index is 2.00. The second-order valence-electron chi connectivity index (χ2n) is 6.27. The smallest absolute Gasteiger partial charge is 0.223 e. The molecular formula is C17H25FN2O. The molecule has 3 unspecified atom stereocenters. The van der Waals surface area contributed by atoms with Crippen molar-refractivity contribution >= 4 is 5.91 Å². The van der Waals surface area contributed by atoms with Crippen LogP contribution in [0.2, 0.25) is 0 Å². The second kappa shape index (κ2) is 7.03. The van der Waals surface area contributed by atoms with Crippen molar-refractivity contribution < 1.29 is 9.18 Å². The van der Waals surface area contributed by atoms with Crippen LogP contribution in [0.1, 0.15) is 44.6 Å². The van der Waals surface area contributed by atoms with E-state index in [0.29, 0.717) is 18.9 Å². The first-order valence-electron chi connectivity index (χ1n) is 7.76. The van der Waals surface area contributed by atoms with Gasteiger partial charge in [-0.05, 0) is 42.4 Å². The maximum absolute atomic E-state index is 13.3. The van der Waals surface area contributed by atoms with Crippen LogP contribution in [0.3, 0.4) is 0 Å². The van der Waals surface area contributed by atoms with Crippen LogP contribution in [0.5, 0.6) is 0 Å². The molecule has 4 heteroatoms. The summed E-state index contributed by atoms with van der Waals surface area (Å²) in [5.41, 5.74) is 6.69. The zero-order valence-corrected chi connectivity index (χ0v) is 12.9. The normalized spacial score (nSPS) is 23.9. The van der Waals surface area contributed by atoms with Gasteiger partial charge in [-0.2, -0.15) is 0 Å².